The predicted octanol–water partition coefficient (Wildman–Crippen LogP) is 9.30. The highest BCUT2D eigenvalue weighted by molar-refractivity contribution is 6.01. The van der Waals surface area contributed by atoms with Crippen LogP contribution in [0.15, 0.2) is 77.8 Å². The lowest BCUT2D eigenvalue weighted by atomic mass is 10.1. The Labute approximate surface area is 286 Å². The third-order valence-electron chi connectivity index (χ3n) is 8.48. The molecule has 4 aromatic rings. The van der Waals surface area contributed by atoms with Gasteiger partial charge in [-0.3, -0.25) is 14.3 Å². The highest BCUT2D eigenvalue weighted by atomic mass is 19.3. The molecule has 0 aliphatic heterocycles. The number of hydrogen-bond donors (Lipinski definition) is 0. The summed E-state index contributed by atoms with van der Waals surface area (Å²) >= 11 is 0. The van der Waals surface area contributed by atoms with Gasteiger partial charge in [0, 0.05) is 41.8 Å². The van der Waals surface area contributed by atoms with Gasteiger partial charge in [-0.15, -0.1) is 0 Å². The zero-order valence-corrected chi connectivity index (χ0v) is 28.2. The second-order valence-corrected chi connectivity index (χ2v) is 12.0. The number of anilines is 1. The second kappa shape index (κ2) is 16.2. The largest absolute Gasteiger partial charge is 0.497 e. The van der Waals surface area contributed by atoms with Gasteiger partial charge in [-0.05, 0) is 74.2 Å². The second-order valence-electron chi connectivity index (χ2n) is 12.0. The minimum Gasteiger partial charge on any atom is -0.497 e. The molecule has 6 rings (SSSR count). The molecule has 0 N–H and O–H groups in total. The molecule has 3 aromatic carbocycles. The summed E-state index contributed by atoms with van der Waals surface area (Å²) in [5, 5.41) is 3.51. The number of hydrogen-bond acceptors (Lipinski definition) is 5. The number of nitrogens with zero attached hydrogens (tertiary/aromatic N) is 4. The van der Waals surface area contributed by atoms with E-state index in [4.69, 9.17) is 9.73 Å². The van der Waals surface area contributed by atoms with E-state index < -0.39 is 53.0 Å². The van der Waals surface area contributed by atoms with E-state index in [1.807, 2.05) is 49.5 Å². The van der Waals surface area contributed by atoms with Crippen LogP contribution in [0, 0.1) is 23.5 Å². The van der Waals surface area contributed by atoms with E-state index in [1.165, 1.54) is 25.1 Å². The Hall–Kier alpha value is -4.94. The minimum atomic E-state index is -3.14. The summed E-state index contributed by atoms with van der Waals surface area (Å²) in [6.45, 7) is 5.10. The molecule has 1 heterocycles. The van der Waals surface area contributed by atoms with Crippen molar-refractivity contribution in [1.29, 1.82) is 0 Å². The van der Waals surface area contributed by atoms with Gasteiger partial charge in [-0.1, -0.05) is 32.0 Å². The number of rotatable bonds is 9. The number of aldehydes is 1. The van der Waals surface area contributed by atoms with Gasteiger partial charge in [0.25, 0.3) is 12.3 Å². The Bertz CT molecular complexity index is 1810. The van der Waals surface area contributed by atoms with Crippen LogP contribution in [0.25, 0.3) is 0 Å². The lowest BCUT2D eigenvalue weighted by molar-refractivity contribution is -0.118. The number of ketones is 1. The molecule has 0 bridgehead atoms. The maximum atomic E-state index is 13.9. The highest BCUT2D eigenvalue weighted by Gasteiger charge is 2.67. The van der Waals surface area contributed by atoms with Gasteiger partial charge >= 0.3 is 0 Å². The molecule has 266 valence electrons. The number of aliphatic imine (C=N–C) groups is 1. The average Bonchev–Trinajstić information content (AvgIpc) is 3.75. The summed E-state index contributed by atoms with van der Waals surface area (Å²) < 4.78 is 83.3. The maximum absolute atomic E-state index is 13.9. The summed E-state index contributed by atoms with van der Waals surface area (Å²) in [5.74, 6) is -4.00. The summed E-state index contributed by atoms with van der Waals surface area (Å²) in [7, 11) is 3.65. The highest BCUT2D eigenvalue weighted by Crippen LogP contribution is 2.68. The van der Waals surface area contributed by atoms with Gasteiger partial charge in [0.2, 0.25) is 0 Å². The van der Waals surface area contributed by atoms with Crippen molar-refractivity contribution >= 4 is 29.3 Å². The van der Waals surface area contributed by atoms with Crippen LogP contribution >= 0.6 is 0 Å². The lowest BCUT2D eigenvalue weighted by Gasteiger charge is -2.26. The van der Waals surface area contributed by atoms with Crippen LogP contribution in [-0.2, 0) is 17.3 Å². The molecule has 50 heavy (non-hydrogen) atoms. The minimum absolute atomic E-state index is 0.0266. The fourth-order valence-corrected chi connectivity index (χ4v) is 5.70. The van der Waals surface area contributed by atoms with Gasteiger partial charge in [-0.2, -0.15) is 13.9 Å². The van der Waals surface area contributed by atoms with Crippen LogP contribution in [0.5, 0.6) is 5.75 Å². The first kappa shape index (κ1) is 37.9. The van der Waals surface area contributed by atoms with Crippen molar-refractivity contribution in [3.63, 3.8) is 0 Å². The van der Waals surface area contributed by atoms with Crippen molar-refractivity contribution in [2.75, 3.05) is 19.1 Å². The quantitative estimate of drug-likeness (QED) is 0.0753. The number of benzene rings is 3. The maximum Gasteiger partial charge on any atom is 0.293 e. The molecule has 0 saturated heterocycles. The summed E-state index contributed by atoms with van der Waals surface area (Å²) in [6, 6.07) is 19.8. The van der Waals surface area contributed by atoms with Crippen molar-refractivity contribution < 1.29 is 40.7 Å². The molecule has 0 radical (unpaired) electrons. The number of aromatic nitrogens is 2. The number of alkyl halides is 4. The van der Waals surface area contributed by atoms with E-state index in [-0.39, 0.29) is 24.4 Å². The standard InChI is InChI=1S/C20H24N2O2.C11H10F4N2O.C6H4F2/c1-5-15(2)20(21-19-9-7-6-8-16(19)14-23)22(3)17-10-12-18(24-4)13-11-17;1-4(18)3-17-9-7(8(16-17)10(12)13)5-2-6(5)11(9,14)15;7-5-2-1-3-6(8)4-5/h6-15H,5H2,1-4H3;5-6,10H,2-3H2,1H3;1-4H/t;5-,6+;/m.0./s1. The number of Topliss-reactive ketones (excluding diaryl/α,β-unsaturated/α-hetero) is 1. The monoisotopic (exact) mass is 700 g/mol. The molecular formula is C37H38F6N4O3. The van der Waals surface area contributed by atoms with E-state index in [1.54, 1.807) is 13.2 Å². The van der Waals surface area contributed by atoms with Gasteiger partial charge in [0.05, 0.1) is 19.3 Å². The Morgan fingerprint density at radius 2 is 1.72 bits per heavy atom. The number of ether oxygens (including phenoxy) is 1. The van der Waals surface area contributed by atoms with E-state index in [9.17, 15) is 35.9 Å². The summed E-state index contributed by atoms with van der Waals surface area (Å²) in [6.07, 6.45) is -0.851. The SMILES string of the molecule is CC(=O)Cn1nc(C(F)F)c2c1C(F)(F)[C@@H]1C[C@H]21.CCC(C)C(=Nc1ccccc1C=O)N(C)c1ccc(OC)cc1.Fc1cccc(F)c1. The van der Waals surface area contributed by atoms with Crippen LogP contribution in [0.2, 0.25) is 0 Å². The molecule has 1 saturated carbocycles. The van der Waals surface area contributed by atoms with Crippen molar-refractivity contribution in [2.24, 2.45) is 16.8 Å². The molecule has 7 nitrogen and oxygen atoms in total. The molecule has 2 aliphatic rings. The van der Waals surface area contributed by atoms with Crippen LogP contribution < -0.4 is 9.64 Å². The summed E-state index contributed by atoms with van der Waals surface area (Å²) in [5.41, 5.74) is 1.23. The average molecular weight is 701 g/mol. The van der Waals surface area contributed by atoms with Crippen molar-refractivity contribution in [2.45, 2.75) is 58.4 Å². The van der Waals surface area contributed by atoms with E-state index in [0.29, 0.717) is 11.3 Å². The number of fused-ring (bicyclic) bond motifs is 3. The number of methoxy groups -OCH3 is 1. The topological polar surface area (TPSA) is 76.8 Å². The van der Waals surface area contributed by atoms with Gasteiger partial charge < -0.3 is 9.64 Å². The van der Waals surface area contributed by atoms with Crippen LogP contribution in [0.1, 0.15) is 73.3 Å². The van der Waals surface area contributed by atoms with Gasteiger partial charge in [0.15, 0.2) is 12.1 Å². The van der Waals surface area contributed by atoms with Crippen LogP contribution in [0.3, 0.4) is 0 Å². The first-order valence-corrected chi connectivity index (χ1v) is 15.9. The molecule has 3 atom stereocenters. The van der Waals surface area contributed by atoms with E-state index in [2.05, 4.69) is 23.8 Å². The number of carbonyl (C=O) groups excluding carboxylic acids is 2. The Morgan fingerprint density at radius 3 is 2.24 bits per heavy atom. The van der Waals surface area contributed by atoms with Gasteiger partial charge in [0.1, 0.15) is 34.6 Å². The van der Waals surface area contributed by atoms with Crippen LogP contribution in [0.4, 0.5) is 37.7 Å². The number of carbonyl (C=O) groups is 2. The fraction of sp³-hybridized carbons (Fsp3) is 0.351. The molecule has 1 fully saturated rings. The smallest absolute Gasteiger partial charge is 0.293 e. The van der Waals surface area contributed by atoms with Crippen molar-refractivity contribution in [3.05, 3.63) is 107 Å². The fourth-order valence-electron chi connectivity index (χ4n) is 5.70. The zero-order valence-electron chi connectivity index (χ0n) is 28.2. The van der Waals surface area contributed by atoms with E-state index >= 15 is 0 Å². The van der Waals surface area contributed by atoms with Crippen molar-refractivity contribution in [3.8, 4) is 5.75 Å². The number of para-hydroxylation sites is 1. The predicted molar refractivity (Wildman–Crippen MR) is 179 cm³/mol. The normalized spacial score (nSPS) is 17.3. The Balaban J connectivity index is 0.000000188. The first-order chi connectivity index (χ1) is 23.7. The molecule has 1 aromatic heterocycles. The third kappa shape index (κ3) is 8.61. The summed E-state index contributed by atoms with van der Waals surface area (Å²) in [4.78, 5) is 29.1. The van der Waals surface area contributed by atoms with Crippen molar-refractivity contribution in [1.82, 2.24) is 9.78 Å². The zero-order chi connectivity index (χ0) is 36.7. The molecule has 0 amide bonds. The molecule has 1 unspecified atom stereocenters. The Kier molecular flexibility index (Phi) is 12.3. The third-order valence-corrected chi connectivity index (χ3v) is 8.48. The first-order valence-electron chi connectivity index (χ1n) is 15.9. The molecule has 2 aliphatic carbocycles. The van der Waals surface area contributed by atoms with E-state index in [0.717, 1.165) is 40.7 Å². The van der Waals surface area contributed by atoms with Gasteiger partial charge in [-0.25, -0.2) is 22.6 Å². The number of halogens is 6. The Morgan fingerprint density at radius 1 is 1.08 bits per heavy atom. The number of amidine groups is 1. The molecular weight excluding hydrogens is 662 g/mol. The van der Waals surface area contributed by atoms with Crippen LogP contribution in [-0.4, -0.2) is 41.8 Å². The lowest BCUT2D eigenvalue weighted by Crippen LogP contribution is -2.31. The molecule has 0 spiro atoms. The molecule has 13 heteroatoms.